The van der Waals surface area contributed by atoms with Gasteiger partial charge in [-0.2, -0.15) is 5.26 Å². The molecular weight excluding hydrogens is 372 g/mol. The highest BCUT2D eigenvalue weighted by Crippen LogP contribution is 2.35. The Morgan fingerprint density at radius 2 is 2.07 bits per heavy atom. The summed E-state index contributed by atoms with van der Waals surface area (Å²) < 4.78 is 18.7. The van der Waals surface area contributed by atoms with Crippen LogP contribution in [-0.4, -0.2) is 54.2 Å². The third-order valence-corrected chi connectivity index (χ3v) is 5.57. The molecule has 2 aliphatic rings. The Morgan fingerprint density at radius 3 is 2.76 bits per heavy atom. The van der Waals surface area contributed by atoms with E-state index in [0.717, 1.165) is 42.7 Å². The Morgan fingerprint density at radius 1 is 1.31 bits per heavy atom. The minimum absolute atomic E-state index is 0.0954. The number of carbonyl (C=O) groups excluding carboxylic acids is 1. The van der Waals surface area contributed by atoms with Gasteiger partial charge >= 0.3 is 5.97 Å². The van der Waals surface area contributed by atoms with Crippen LogP contribution in [0.15, 0.2) is 18.2 Å². The number of benzene rings is 1. The Bertz CT molecular complexity index is 917. The van der Waals surface area contributed by atoms with Gasteiger partial charge in [-0.3, -0.25) is 4.79 Å². The predicted octanol–water partition coefficient (Wildman–Crippen LogP) is 2.40. The van der Waals surface area contributed by atoms with Gasteiger partial charge in [-0.15, -0.1) is 0 Å². The third kappa shape index (κ3) is 3.93. The second-order valence-electron chi connectivity index (χ2n) is 7.31. The van der Waals surface area contributed by atoms with Crippen LogP contribution in [0.3, 0.4) is 0 Å². The second kappa shape index (κ2) is 8.39. The van der Waals surface area contributed by atoms with Crippen molar-refractivity contribution in [2.24, 2.45) is 0 Å². The number of aromatic nitrogens is 2. The minimum atomic E-state index is -0.425. The molecule has 1 aromatic carbocycles. The van der Waals surface area contributed by atoms with E-state index >= 15 is 0 Å². The van der Waals surface area contributed by atoms with Gasteiger partial charge in [0.2, 0.25) is 0 Å². The van der Waals surface area contributed by atoms with Gasteiger partial charge in [0.15, 0.2) is 5.79 Å². The Hall–Kier alpha value is -2.63. The van der Waals surface area contributed by atoms with Gasteiger partial charge < -0.3 is 23.7 Å². The highest BCUT2D eigenvalue weighted by molar-refractivity contribution is 5.90. The standard InChI is InChI=1S/C21H26N4O4/c1-2-27-19(26)15-18-23-20-16(5-3-6-17(20)25(18)10-4-9-22)24-11-7-21(8-12-24)28-13-14-29-21/h3,5-6H,2,4,7-8,10-15H2,1H3. The molecule has 29 heavy (non-hydrogen) atoms. The molecule has 1 spiro atoms. The molecule has 2 aromatic rings. The van der Waals surface area contributed by atoms with E-state index in [-0.39, 0.29) is 12.4 Å². The lowest BCUT2D eigenvalue weighted by atomic mass is 10.0. The van der Waals surface area contributed by atoms with Crippen LogP contribution in [0, 0.1) is 11.3 Å². The Labute approximate surface area is 170 Å². The molecule has 3 heterocycles. The number of hydrogen-bond donors (Lipinski definition) is 0. The zero-order valence-corrected chi connectivity index (χ0v) is 16.7. The van der Waals surface area contributed by atoms with Crippen LogP contribution in [0.5, 0.6) is 0 Å². The van der Waals surface area contributed by atoms with E-state index in [0.29, 0.717) is 38.6 Å². The molecule has 0 aliphatic carbocycles. The summed E-state index contributed by atoms with van der Waals surface area (Å²) >= 11 is 0. The van der Waals surface area contributed by atoms with Crippen molar-refractivity contribution in [3.05, 3.63) is 24.0 Å². The van der Waals surface area contributed by atoms with Gasteiger partial charge in [-0.25, -0.2) is 4.98 Å². The minimum Gasteiger partial charge on any atom is -0.466 e. The van der Waals surface area contributed by atoms with Crippen molar-refractivity contribution in [1.29, 1.82) is 5.26 Å². The fraction of sp³-hybridized carbons (Fsp3) is 0.571. The molecule has 154 valence electrons. The number of piperidine rings is 1. The number of ether oxygens (including phenoxy) is 3. The molecule has 0 unspecified atom stereocenters. The number of fused-ring (bicyclic) bond motifs is 1. The number of nitrogens with zero attached hydrogens (tertiary/aromatic N) is 4. The molecule has 0 atom stereocenters. The summed E-state index contributed by atoms with van der Waals surface area (Å²) in [5.74, 6) is -0.0962. The number of imidazole rings is 1. The van der Waals surface area contributed by atoms with Crippen molar-refractivity contribution in [3.63, 3.8) is 0 Å². The third-order valence-electron chi connectivity index (χ3n) is 5.57. The van der Waals surface area contributed by atoms with Crippen LogP contribution in [0.4, 0.5) is 5.69 Å². The predicted molar refractivity (Wildman–Crippen MR) is 106 cm³/mol. The Balaban J connectivity index is 1.64. The van der Waals surface area contributed by atoms with Crippen LogP contribution in [0.1, 0.15) is 32.0 Å². The maximum Gasteiger partial charge on any atom is 0.313 e. The van der Waals surface area contributed by atoms with E-state index in [9.17, 15) is 4.79 Å². The van der Waals surface area contributed by atoms with Crippen molar-refractivity contribution < 1.29 is 19.0 Å². The van der Waals surface area contributed by atoms with E-state index in [4.69, 9.17) is 24.5 Å². The normalized spacial score (nSPS) is 18.3. The summed E-state index contributed by atoms with van der Waals surface area (Å²) in [7, 11) is 0. The number of para-hydroxylation sites is 1. The van der Waals surface area contributed by atoms with Crippen LogP contribution >= 0.6 is 0 Å². The van der Waals surface area contributed by atoms with Crippen LogP contribution in [0.25, 0.3) is 11.0 Å². The SMILES string of the molecule is CCOC(=O)Cc1nc2c(N3CCC4(CC3)OCCO4)cccc2n1CCC#N. The van der Waals surface area contributed by atoms with Gasteiger partial charge in [-0.05, 0) is 19.1 Å². The van der Waals surface area contributed by atoms with Gasteiger partial charge in [0, 0.05) is 32.5 Å². The van der Waals surface area contributed by atoms with Crippen LogP contribution < -0.4 is 4.90 Å². The monoisotopic (exact) mass is 398 g/mol. The van der Waals surface area contributed by atoms with Crippen molar-refractivity contribution in [1.82, 2.24) is 9.55 Å². The summed E-state index contributed by atoms with van der Waals surface area (Å²) in [5.41, 5.74) is 2.83. The molecule has 2 aliphatic heterocycles. The highest BCUT2D eigenvalue weighted by Gasteiger charge is 2.40. The molecule has 0 radical (unpaired) electrons. The lowest BCUT2D eigenvalue weighted by Gasteiger charge is -2.38. The van der Waals surface area contributed by atoms with Gasteiger partial charge in [0.25, 0.3) is 0 Å². The first-order chi connectivity index (χ1) is 14.2. The van der Waals surface area contributed by atoms with Gasteiger partial charge in [0.05, 0.1) is 43.5 Å². The summed E-state index contributed by atoms with van der Waals surface area (Å²) in [4.78, 5) is 19.2. The molecule has 2 saturated heterocycles. The summed E-state index contributed by atoms with van der Waals surface area (Å²) in [6.45, 7) is 5.58. The molecule has 0 saturated carbocycles. The summed E-state index contributed by atoms with van der Waals surface area (Å²) in [6, 6.07) is 8.24. The molecule has 0 bridgehead atoms. The molecule has 2 fully saturated rings. The maximum atomic E-state index is 12.1. The van der Waals surface area contributed by atoms with E-state index in [1.165, 1.54) is 0 Å². The fourth-order valence-electron chi connectivity index (χ4n) is 4.20. The Kier molecular flexibility index (Phi) is 5.69. The topological polar surface area (TPSA) is 89.6 Å². The molecule has 8 heteroatoms. The average molecular weight is 398 g/mol. The van der Waals surface area contributed by atoms with Crippen molar-refractivity contribution >= 4 is 22.7 Å². The maximum absolute atomic E-state index is 12.1. The molecule has 1 aromatic heterocycles. The first-order valence-electron chi connectivity index (χ1n) is 10.2. The van der Waals surface area contributed by atoms with E-state index in [1.807, 2.05) is 16.7 Å². The molecule has 0 amide bonds. The van der Waals surface area contributed by atoms with Gasteiger partial charge in [0.1, 0.15) is 17.8 Å². The quantitative estimate of drug-likeness (QED) is 0.690. The molecule has 4 rings (SSSR count). The molecule has 8 nitrogen and oxygen atoms in total. The number of esters is 1. The zero-order valence-electron chi connectivity index (χ0n) is 16.7. The van der Waals surface area contributed by atoms with E-state index < -0.39 is 5.79 Å². The van der Waals surface area contributed by atoms with Gasteiger partial charge in [-0.1, -0.05) is 6.07 Å². The number of aryl methyl sites for hydroxylation is 1. The largest absolute Gasteiger partial charge is 0.466 e. The molecule has 0 N–H and O–H groups in total. The average Bonchev–Trinajstić information content (AvgIpc) is 3.31. The number of hydrogen-bond acceptors (Lipinski definition) is 7. The highest BCUT2D eigenvalue weighted by atomic mass is 16.7. The summed E-state index contributed by atoms with van der Waals surface area (Å²) in [5, 5.41) is 9.05. The molecular formula is C21H26N4O4. The lowest BCUT2D eigenvalue weighted by Crippen LogP contribution is -2.45. The van der Waals surface area contributed by atoms with Crippen molar-refractivity contribution in [3.8, 4) is 6.07 Å². The zero-order chi connectivity index (χ0) is 20.3. The van der Waals surface area contributed by atoms with Crippen LogP contribution in [0.2, 0.25) is 0 Å². The first-order valence-corrected chi connectivity index (χ1v) is 10.2. The summed E-state index contributed by atoms with van der Waals surface area (Å²) in [6.07, 6.45) is 2.08. The number of rotatable bonds is 6. The first kappa shape index (κ1) is 19.7. The lowest BCUT2D eigenvalue weighted by molar-refractivity contribution is -0.169. The number of anilines is 1. The van der Waals surface area contributed by atoms with E-state index in [2.05, 4.69) is 17.0 Å². The number of carbonyl (C=O) groups is 1. The second-order valence-corrected chi connectivity index (χ2v) is 7.31. The smallest absolute Gasteiger partial charge is 0.313 e. The van der Waals surface area contributed by atoms with Crippen molar-refractivity contribution in [2.75, 3.05) is 37.8 Å². The van der Waals surface area contributed by atoms with E-state index in [1.54, 1.807) is 6.92 Å². The fourth-order valence-corrected chi connectivity index (χ4v) is 4.20. The van der Waals surface area contributed by atoms with Crippen molar-refractivity contribution in [2.45, 2.75) is 44.9 Å². The number of nitriles is 1. The van der Waals surface area contributed by atoms with Crippen LogP contribution in [-0.2, 0) is 32.0 Å².